The minimum atomic E-state index is 0. The van der Waals surface area contributed by atoms with Crippen LogP contribution in [-0.2, 0) is 0 Å². The minimum Gasteiger partial charge on any atom is -0.302 e. The van der Waals surface area contributed by atoms with Crippen LogP contribution in [0.25, 0.3) is 10.2 Å². The summed E-state index contributed by atoms with van der Waals surface area (Å²) in [5.41, 5.74) is 1.72. The number of carbonyl (C=O) groups excluding carboxylic acids is 1. The zero-order valence-corrected chi connectivity index (χ0v) is 21.0. The largest absolute Gasteiger partial charge is 0.302 e. The molecule has 0 atom stereocenters. The minimum absolute atomic E-state index is 0. The van der Waals surface area contributed by atoms with Gasteiger partial charge in [0, 0.05) is 22.9 Å². The van der Waals surface area contributed by atoms with Gasteiger partial charge >= 0.3 is 0 Å². The molecule has 0 saturated carbocycles. The van der Waals surface area contributed by atoms with Crippen molar-refractivity contribution in [2.75, 3.05) is 43.6 Å². The number of fused-ring (bicyclic) bond motifs is 1. The molecule has 4 nitrogen and oxygen atoms in total. The predicted molar refractivity (Wildman–Crippen MR) is 136 cm³/mol. The number of aromatic nitrogens is 1. The topological polar surface area (TPSA) is 36.4 Å². The van der Waals surface area contributed by atoms with Crippen LogP contribution in [0, 0.1) is 0 Å². The van der Waals surface area contributed by atoms with E-state index < -0.39 is 0 Å². The van der Waals surface area contributed by atoms with E-state index in [1.165, 1.54) is 0 Å². The average Bonchev–Trinajstić information content (AvgIpc) is 3.20. The number of nitrogens with zero attached hydrogens (tertiary/aromatic N) is 3. The molecule has 2 aromatic carbocycles. The van der Waals surface area contributed by atoms with Crippen molar-refractivity contribution in [2.45, 2.75) is 23.6 Å². The van der Waals surface area contributed by atoms with Crippen molar-refractivity contribution in [3.05, 3.63) is 48.0 Å². The number of amides is 1. The third kappa shape index (κ3) is 5.51. The molecule has 0 N–H and O–H groups in total. The summed E-state index contributed by atoms with van der Waals surface area (Å²) >= 11 is 4.88. The highest BCUT2D eigenvalue weighted by Crippen LogP contribution is 2.35. The number of hydrogen-bond acceptors (Lipinski definition) is 6. The Bertz CT molecular complexity index is 975. The van der Waals surface area contributed by atoms with E-state index in [1.54, 1.807) is 34.9 Å². The molecular formula is C22H28ClN3OS3. The molecule has 3 aromatic rings. The first kappa shape index (κ1) is 25.0. The van der Waals surface area contributed by atoms with Crippen LogP contribution in [0.15, 0.2) is 52.3 Å². The highest BCUT2D eigenvalue weighted by Gasteiger charge is 2.24. The SMILES string of the molecule is CCN(CC)CCN(C(=O)c1ccccc1SC)c1nc2c(SC)cccc2s1.Cl. The fourth-order valence-electron chi connectivity index (χ4n) is 3.22. The van der Waals surface area contributed by atoms with Crippen molar-refractivity contribution < 1.29 is 4.79 Å². The van der Waals surface area contributed by atoms with Gasteiger partial charge in [-0.25, -0.2) is 4.98 Å². The van der Waals surface area contributed by atoms with Gasteiger partial charge in [-0.3, -0.25) is 9.69 Å². The molecule has 0 saturated heterocycles. The van der Waals surface area contributed by atoms with Crippen LogP contribution in [0.2, 0.25) is 0 Å². The maximum absolute atomic E-state index is 13.6. The summed E-state index contributed by atoms with van der Waals surface area (Å²) in [6.07, 6.45) is 4.07. The number of para-hydroxylation sites is 1. The summed E-state index contributed by atoms with van der Waals surface area (Å²) in [6.45, 7) is 7.69. The maximum Gasteiger partial charge on any atom is 0.261 e. The highest BCUT2D eigenvalue weighted by molar-refractivity contribution is 7.99. The van der Waals surface area contributed by atoms with Crippen molar-refractivity contribution in [3.63, 3.8) is 0 Å². The van der Waals surface area contributed by atoms with Gasteiger partial charge in [-0.15, -0.1) is 35.9 Å². The van der Waals surface area contributed by atoms with E-state index in [2.05, 4.69) is 43.2 Å². The number of benzene rings is 2. The van der Waals surface area contributed by atoms with Crippen LogP contribution in [0.3, 0.4) is 0 Å². The van der Waals surface area contributed by atoms with Crippen molar-refractivity contribution in [3.8, 4) is 0 Å². The molecule has 0 fully saturated rings. The normalized spacial score (nSPS) is 11.0. The lowest BCUT2D eigenvalue weighted by Crippen LogP contribution is -2.39. The van der Waals surface area contributed by atoms with E-state index in [1.807, 2.05) is 35.4 Å². The maximum atomic E-state index is 13.6. The van der Waals surface area contributed by atoms with Gasteiger partial charge < -0.3 is 4.90 Å². The fourth-order valence-corrected chi connectivity index (χ4v) is 5.46. The van der Waals surface area contributed by atoms with Crippen LogP contribution >= 0.6 is 47.3 Å². The Labute approximate surface area is 197 Å². The molecule has 0 aliphatic rings. The van der Waals surface area contributed by atoms with Gasteiger partial charge in [0.1, 0.15) is 0 Å². The molecule has 0 unspecified atom stereocenters. The lowest BCUT2D eigenvalue weighted by Gasteiger charge is -2.25. The summed E-state index contributed by atoms with van der Waals surface area (Å²) in [7, 11) is 0. The molecule has 162 valence electrons. The van der Waals surface area contributed by atoms with Crippen LogP contribution < -0.4 is 4.90 Å². The summed E-state index contributed by atoms with van der Waals surface area (Å²) in [6, 6.07) is 14.1. The molecule has 1 heterocycles. The lowest BCUT2D eigenvalue weighted by atomic mass is 10.2. The van der Waals surface area contributed by atoms with Gasteiger partial charge in [-0.1, -0.05) is 43.4 Å². The Morgan fingerprint density at radius 2 is 1.63 bits per heavy atom. The summed E-state index contributed by atoms with van der Waals surface area (Å²) in [4.78, 5) is 24.8. The zero-order chi connectivity index (χ0) is 20.8. The number of likely N-dealkylation sites (N-methyl/N-ethyl adjacent to an activating group) is 1. The van der Waals surface area contributed by atoms with E-state index in [9.17, 15) is 4.79 Å². The van der Waals surface area contributed by atoms with E-state index in [0.717, 1.165) is 50.3 Å². The number of thioether (sulfide) groups is 2. The lowest BCUT2D eigenvalue weighted by molar-refractivity contribution is 0.0981. The quantitative estimate of drug-likeness (QED) is 0.342. The summed E-state index contributed by atoms with van der Waals surface area (Å²) in [5, 5.41) is 0.773. The molecule has 8 heteroatoms. The number of carbonyl (C=O) groups is 1. The molecule has 1 aromatic heterocycles. The Morgan fingerprint density at radius 3 is 2.30 bits per heavy atom. The Hall–Kier alpha value is -1.25. The van der Waals surface area contributed by atoms with Gasteiger partial charge in [0.15, 0.2) is 5.13 Å². The van der Waals surface area contributed by atoms with E-state index >= 15 is 0 Å². The van der Waals surface area contributed by atoms with Gasteiger partial charge in [0.2, 0.25) is 0 Å². The molecule has 1 amide bonds. The van der Waals surface area contributed by atoms with Gasteiger partial charge in [-0.05, 0) is 49.9 Å². The second-order valence-corrected chi connectivity index (χ2v) is 9.19. The second-order valence-electron chi connectivity index (χ2n) is 6.49. The number of rotatable bonds is 9. The van der Waals surface area contributed by atoms with Gasteiger partial charge in [0.25, 0.3) is 5.91 Å². The first-order valence-corrected chi connectivity index (χ1v) is 13.0. The highest BCUT2D eigenvalue weighted by atomic mass is 35.5. The fraction of sp³-hybridized carbons (Fsp3) is 0.364. The summed E-state index contributed by atoms with van der Waals surface area (Å²) in [5.74, 6) is 0.0202. The van der Waals surface area contributed by atoms with Crippen molar-refractivity contribution in [2.24, 2.45) is 0 Å². The molecular weight excluding hydrogens is 454 g/mol. The predicted octanol–water partition coefficient (Wildman–Crippen LogP) is 6.15. The van der Waals surface area contributed by atoms with E-state index in [0.29, 0.717) is 6.54 Å². The first-order chi connectivity index (χ1) is 14.1. The number of thiazole rings is 1. The van der Waals surface area contributed by atoms with Gasteiger partial charge in [0.05, 0.1) is 15.8 Å². The van der Waals surface area contributed by atoms with Crippen molar-refractivity contribution in [1.82, 2.24) is 9.88 Å². The Kier molecular flexibility index (Phi) is 9.97. The van der Waals surface area contributed by atoms with E-state index in [4.69, 9.17) is 4.98 Å². The number of anilines is 1. The van der Waals surface area contributed by atoms with E-state index in [-0.39, 0.29) is 18.3 Å². The van der Waals surface area contributed by atoms with Crippen molar-refractivity contribution in [1.29, 1.82) is 0 Å². The third-order valence-corrected chi connectivity index (χ3v) is 7.55. The molecule has 0 spiro atoms. The smallest absolute Gasteiger partial charge is 0.261 e. The van der Waals surface area contributed by atoms with Crippen molar-refractivity contribution >= 4 is 68.5 Å². The standard InChI is InChI=1S/C22H27N3OS3.ClH/c1-5-24(6-2)14-15-25(21(26)16-10-7-8-11-17(16)27-3)22-23-20-18(28-4)12-9-13-19(20)29-22;/h7-13H,5-6,14-15H2,1-4H3;1H. The van der Waals surface area contributed by atoms with Crippen LogP contribution in [-0.4, -0.2) is 54.5 Å². The molecule has 0 radical (unpaired) electrons. The zero-order valence-electron chi connectivity index (χ0n) is 17.8. The van der Waals surface area contributed by atoms with Crippen LogP contribution in [0.4, 0.5) is 5.13 Å². The molecule has 0 aliphatic carbocycles. The molecule has 0 bridgehead atoms. The molecule has 3 rings (SSSR count). The Morgan fingerprint density at radius 1 is 0.967 bits per heavy atom. The first-order valence-electron chi connectivity index (χ1n) is 9.73. The Balaban J connectivity index is 0.00000320. The average molecular weight is 482 g/mol. The third-order valence-electron chi connectivity index (χ3n) is 4.94. The van der Waals surface area contributed by atoms with Crippen LogP contribution in [0.1, 0.15) is 24.2 Å². The second kappa shape index (κ2) is 12.0. The molecule has 30 heavy (non-hydrogen) atoms. The van der Waals surface area contributed by atoms with Crippen LogP contribution in [0.5, 0.6) is 0 Å². The monoisotopic (exact) mass is 481 g/mol. The summed E-state index contributed by atoms with van der Waals surface area (Å²) < 4.78 is 1.12. The van der Waals surface area contributed by atoms with Gasteiger partial charge in [-0.2, -0.15) is 0 Å². The number of hydrogen-bond donors (Lipinski definition) is 0. The molecule has 0 aliphatic heterocycles. The number of halogens is 1.